The Balaban J connectivity index is 1.77. The number of nitrogens with one attached hydrogen (secondary N) is 2. The molecule has 152 valence electrons. The van der Waals surface area contributed by atoms with Crippen molar-refractivity contribution in [2.75, 3.05) is 26.1 Å². The first kappa shape index (κ1) is 20.5. The highest BCUT2D eigenvalue weighted by Crippen LogP contribution is 2.31. The minimum Gasteiger partial charge on any atom is -0.497 e. The van der Waals surface area contributed by atoms with E-state index in [1.54, 1.807) is 49.4 Å². The lowest BCUT2D eigenvalue weighted by molar-refractivity contribution is -0.133. The number of nitrogens with zero attached hydrogens (tertiary/aromatic N) is 1. The van der Waals surface area contributed by atoms with Crippen LogP contribution in [0.15, 0.2) is 42.5 Å². The summed E-state index contributed by atoms with van der Waals surface area (Å²) in [6.45, 7) is 1.13. The van der Waals surface area contributed by atoms with Crippen LogP contribution >= 0.6 is 11.6 Å². The van der Waals surface area contributed by atoms with Gasteiger partial charge in [0, 0.05) is 11.1 Å². The zero-order valence-electron chi connectivity index (χ0n) is 16.1. The normalized spacial score (nSPS) is 18.4. The summed E-state index contributed by atoms with van der Waals surface area (Å²) in [5.74, 6) is -0.147. The van der Waals surface area contributed by atoms with Gasteiger partial charge in [0.2, 0.25) is 5.91 Å². The van der Waals surface area contributed by atoms with Gasteiger partial charge in [-0.15, -0.1) is 0 Å². The van der Waals surface area contributed by atoms with E-state index in [0.717, 1.165) is 4.90 Å². The first-order valence-electron chi connectivity index (χ1n) is 8.70. The molecule has 0 unspecified atom stereocenters. The molecule has 9 heteroatoms. The van der Waals surface area contributed by atoms with Crippen LogP contribution in [0, 0.1) is 0 Å². The van der Waals surface area contributed by atoms with Crippen LogP contribution in [-0.2, 0) is 15.1 Å². The van der Waals surface area contributed by atoms with E-state index in [9.17, 15) is 14.4 Å². The Kier molecular flexibility index (Phi) is 5.65. The summed E-state index contributed by atoms with van der Waals surface area (Å²) in [6, 6.07) is 10.8. The largest absolute Gasteiger partial charge is 0.497 e. The summed E-state index contributed by atoms with van der Waals surface area (Å²) in [5.41, 5.74) is -0.350. The Bertz CT molecular complexity index is 963. The molecular weight excluding hydrogens is 398 g/mol. The maximum absolute atomic E-state index is 12.9. The zero-order valence-corrected chi connectivity index (χ0v) is 16.9. The lowest BCUT2D eigenvalue weighted by Crippen LogP contribution is -2.42. The Labute approximate surface area is 172 Å². The van der Waals surface area contributed by atoms with Gasteiger partial charge in [0.25, 0.3) is 5.91 Å². The SMILES string of the molecule is COc1ccc(OC)c(NC(=O)CN2C(=O)N[C@](C)(c3ccc(Cl)cc3)C2=O)c1. The van der Waals surface area contributed by atoms with E-state index in [1.807, 2.05) is 0 Å². The molecule has 29 heavy (non-hydrogen) atoms. The molecule has 0 aromatic heterocycles. The molecule has 1 saturated heterocycles. The number of carbonyl (C=O) groups excluding carboxylic acids is 3. The predicted molar refractivity (Wildman–Crippen MR) is 107 cm³/mol. The second kappa shape index (κ2) is 8.00. The molecule has 0 bridgehead atoms. The fraction of sp³-hybridized carbons (Fsp3) is 0.250. The number of anilines is 1. The standard InChI is InChI=1S/C20H20ClN3O5/c1-20(12-4-6-13(21)7-5-12)18(26)24(19(27)23-20)11-17(25)22-15-10-14(28-2)8-9-16(15)29-3/h4-10H,11H2,1-3H3,(H,22,25)(H,23,27)/t20-/m1/s1. The molecule has 1 atom stereocenters. The predicted octanol–water partition coefficient (Wildman–Crippen LogP) is 2.76. The summed E-state index contributed by atoms with van der Waals surface area (Å²) in [7, 11) is 2.96. The van der Waals surface area contributed by atoms with Gasteiger partial charge in [-0.25, -0.2) is 4.79 Å². The minimum atomic E-state index is -1.28. The van der Waals surface area contributed by atoms with Crippen LogP contribution < -0.4 is 20.1 Å². The number of imide groups is 1. The monoisotopic (exact) mass is 417 g/mol. The Hall–Kier alpha value is -3.26. The topological polar surface area (TPSA) is 97.0 Å². The van der Waals surface area contributed by atoms with Crippen molar-refractivity contribution in [3.63, 3.8) is 0 Å². The maximum atomic E-state index is 12.9. The third-order valence-electron chi connectivity index (χ3n) is 4.68. The fourth-order valence-corrected chi connectivity index (χ4v) is 3.19. The van der Waals surface area contributed by atoms with Crippen LogP contribution in [0.5, 0.6) is 11.5 Å². The van der Waals surface area contributed by atoms with Crippen molar-refractivity contribution >= 4 is 35.1 Å². The highest BCUT2D eigenvalue weighted by molar-refractivity contribution is 6.30. The summed E-state index contributed by atoms with van der Waals surface area (Å²) in [5, 5.41) is 5.80. The number of methoxy groups -OCH3 is 2. The van der Waals surface area contributed by atoms with Gasteiger partial charge >= 0.3 is 6.03 Å². The molecule has 2 aromatic carbocycles. The molecule has 2 N–H and O–H groups in total. The van der Waals surface area contributed by atoms with E-state index in [2.05, 4.69) is 10.6 Å². The van der Waals surface area contributed by atoms with Crippen LogP contribution in [0.2, 0.25) is 5.02 Å². The average molecular weight is 418 g/mol. The molecule has 3 rings (SSSR count). The molecule has 0 spiro atoms. The Morgan fingerprint density at radius 3 is 2.45 bits per heavy atom. The number of benzene rings is 2. The highest BCUT2D eigenvalue weighted by Gasteiger charge is 2.49. The molecule has 1 fully saturated rings. The lowest BCUT2D eigenvalue weighted by atomic mass is 9.92. The summed E-state index contributed by atoms with van der Waals surface area (Å²) < 4.78 is 10.4. The van der Waals surface area contributed by atoms with Gasteiger partial charge in [-0.1, -0.05) is 23.7 Å². The van der Waals surface area contributed by atoms with Crippen molar-refractivity contribution in [1.82, 2.24) is 10.2 Å². The molecule has 0 saturated carbocycles. The molecule has 1 aliphatic heterocycles. The molecule has 2 aromatic rings. The van der Waals surface area contributed by atoms with Gasteiger partial charge in [0.15, 0.2) is 0 Å². The van der Waals surface area contributed by atoms with Crippen molar-refractivity contribution in [2.45, 2.75) is 12.5 Å². The third kappa shape index (κ3) is 3.97. The quantitative estimate of drug-likeness (QED) is 0.704. The number of halogens is 1. The third-order valence-corrected chi connectivity index (χ3v) is 4.93. The first-order chi connectivity index (χ1) is 13.8. The first-order valence-corrected chi connectivity index (χ1v) is 9.08. The second-order valence-corrected chi connectivity index (χ2v) is 7.00. The van der Waals surface area contributed by atoms with Crippen LogP contribution in [0.25, 0.3) is 0 Å². The molecular formula is C20H20ClN3O5. The van der Waals surface area contributed by atoms with E-state index in [-0.39, 0.29) is 0 Å². The zero-order chi connectivity index (χ0) is 21.2. The van der Waals surface area contributed by atoms with E-state index in [4.69, 9.17) is 21.1 Å². The minimum absolute atomic E-state index is 0.365. The molecule has 0 aliphatic carbocycles. The maximum Gasteiger partial charge on any atom is 0.325 e. The van der Waals surface area contributed by atoms with Crippen molar-refractivity contribution in [1.29, 1.82) is 0 Å². The average Bonchev–Trinajstić information content (AvgIpc) is 2.92. The number of urea groups is 1. The molecule has 8 nitrogen and oxygen atoms in total. The van der Waals surface area contributed by atoms with Crippen LogP contribution in [0.3, 0.4) is 0 Å². The summed E-state index contributed by atoms with van der Waals surface area (Å²) >= 11 is 5.89. The smallest absolute Gasteiger partial charge is 0.325 e. The van der Waals surface area contributed by atoms with Gasteiger partial charge < -0.3 is 20.1 Å². The van der Waals surface area contributed by atoms with Crippen molar-refractivity contribution in [2.24, 2.45) is 0 Å². The van der Waals surface area contributed by atoms with E-state index >= 15 is 0 Å². The van der Waals surface area contributed by atoms with Gasteiger partial charge in [0.05, 0.1) is 19.9 Å². The second-order valence-electron chi connectivity index (χ2n) is 6.57. The molecule has 4 amide bonds. The van der Waals surface area contributed by atoms with Gasteiger partial charge in [-0.2, -0.15) is 0 Å². The van der Waals surface area contributed by atoms with Gasteiger partial charge in [-0.05, 0) is 36.8 Å². The van der Waals surface area contributed by atoms with Gasteiger partial charge in [0.1, 0.15) is 23.6 Å². The van der Waals surface area contributed by atoms with Gasteiger partial charge in [-0.3, -0.25) is 14.5 Å². The number of amides is 4. The fourth-order valence-electron chi connectivity index (χ4n) is 3.06. The Morgan fingerprint density at radius 1 is 1.14 bits per heavy atom. The van der Waals surface area contributed by atoms with E-state index < -0.39 is 29.9 Å². The van der Waals surface area contributed by atoms with Crippen LogP contribution in [0.4, 0.5) is 10.5 Å². The molecule has 1 aliphatic rings. The number of carbonyl (C=O) groups is 3. The molecule has 0 radical (unpaired) electrons. The van der Waals surface area contributed by atoms with E-state index in [1.165, 1.54) is 14.2 Å². The molecule has 1 heterocycles. The summed E-state index contributed by atoms with van der Waals surface area (Å²) in [6.07, 6.45) is 0. The number of hydrogen-bond acceptors (Lipinski definition) is 5. The number of ether oxygens (including phenoxy) is 2. The lowest BCUT2D eigenvalue weighted by Gasteiger charge is -2.22. The number of rotatable bonds is 6. The van der Waals surface area contributed by atoms with Crippen molar-refractivity contribution < 1.29 is 23.9 Å². The van der Waals surface area contributed by atoms with Crippen LogP contribution in [-0.4, -0.2) is 43.5 Å². The summed E-state index contributed by atoms with van der Waals surface area (Å²) in [4.78, 5) is 38.7. The van der Waals surface area contributed by atoms with Crippen LogP contribution in [0.1, 0.15) is 12.5 Å². The van der Waals surface area contributed by atoms with Crippen molar-refractivity contribution in [3.05, 3.63) is 53.1 Å². The van der Waals surface area contributed by atoms with E-state index in [0.29, 0.717) is 27.8 Å². The number of hydrogen-bond donors (Lipinski definition) is 2. The highest BCUT2D eigenvalue weighted by atomic mass is 35.5. The van der Waals surface area contributed by atoms with Crippen molar-refractivity contribution in [3.8, 4) is 11.5 Å². The Morgan fingerprint density at radius 2 is 1.83 bits per heavy atom.